The number of piperazine rings is 1. The van der Waals surface area contributed by atoms with Crippen molar-refractivity contribution < 1.29 is 33.3 Å². The highest BCUT2D eigenvalue weighted by molar-refractivity contribution is 5.96. The number of halogens is 1. The third kappa shape index (κ3) is 8.10. The van der Waals surface area contributed by atoms with Crippen LogP contribution in [0.3, 0.4) is 0 Å². The molecule has 1 N–H and O–H groups in total. The first kappa shape index (κ1) is 33.1. The number of hydrogen-bond donors (Lipinski definition) is 1. The molecule has 0 radical (unpaired) electrons. The van der Waals surface area contributed by atoms with Crippen LogP contribution in [0.2, 0.25) is 0 Å². The Hall–Kier alpha value is -3.32. The van der Waals surface area contributed by atoms with Crippen LogP contribution in [0.1, 0.15) is 51.4 Å². The van der Waals surface area contributed by atoms with E-state index in [-0.39, 0.29) is 55.7 Å². The molecule has 0 spiro atoms. The van der Waals surface area contributed by atoms with Gasteiger partial charge in [0, 0.05) is 44.3 Å². The minimum absolute atomic E-state index is 0.0937. The van der Waals surface area contributed by atoms with Gasteiger partial charge >= 0.3 is 6.09 Å². The monoisotopic (exact) mass is 627 g/mol. The Balaban J connectivity index is 1.37. The number of ether oxygens (including phenoxy) is 3. The van der Waals surface area contributed by atoms with Crippen LogP contribution in [0, 0.1) is 5.82 Å². The molecule has 45 heavy (non-hydrogen) atoms. The van der Waals surface area contributed by atoms with Crippen molar-refractivity contribution >= 4 is 17.7 Å². The molecule has 3 aliphatic rings. The lowest BCUT2D eigenvalue weighted by Gasteiger charge is -2.47. The Labute approximate surface area is 264 Å². The third-order valence-electron chi connectivity index (χ3n) is 8.61. The summed E-state index contributed by atoms with van der Waals surface area (Å²) in [7, 11) is 0. The molecular formula is C33H46FN5O6. The zero-order valence-electron chi connectivity index (χ0n) is 27.0. The average molecular weight is 628 g/mol. The van der Waals surface area contributed by atoms with Crippen molar-refractivity contribution in [3.63, 3.8) is 0 Å². The predicted octanol–water partition coefficient (Wildman–Crippen LogP) is 3.06. The molecule has 2 amide bonds. The van der Waals surface area contributed by atoms with E-state index in [2.05, 4.69) is 21.7 Å². The van der Waals surface area contributed by atoms with E-state index >= 15 is 0 Å². The molecule has 0 unspecified atom stereocenters. The fraction of sp³-hybridized carbons (Fsp3) is 0.606. The number of pyridine rings is 1. The quantitative estimate of drug-likeness (QED) is 0.496. The van der Waals surface area contributed by atoms with Gasteiger partial charge in [-0.25, -0.2) is 14.2 Å². The number of fused-ring (bicyclic) bond motifs is 1. The lowest BCUT2D eigenvalue weighted by atomic mass is 10.0. The highest BCUT2D eigenvalue weighted by Gasteiger charge is 2.39. The van der Waals surface area contributed by atoms with Crippen molar-refractivity contribution in [1.29, 1.82) is 0 Å². The second-order valence-electron chi connectivity index (χ2n) is 13.3. The minimum Gasteiger partial charge on any atom is -0.474 e. The second-order valence-corrected chi connectivity index (χ2v) is 13.3. The molecule has 2 aromatic rings. The third-order valence-corrected chi connectivity index (χ3v) is 8.61. The van der Waals surface area contributed by atoms with Crippen LogP contribution >= 0.6 is 0 Å². The van der Waals surface area contributed by atoms with Gasteiger partial charge in [-0.3, -0.25) is 14.6 Å². The number of hydrogen-bond acceptors (Lipinski definition) is 9. The maximum atomic E-state index is 14.1. The van der Waals surface area contributed by atoms with Gasteiger partial charge < -0.3 is 29.1 Å². The van der Waals surface area contributed by atoms with Crippen LogP contribution in [0.4, 0.5) is 14.9 Å². The van der Waals surface area contributed by atoms with Crippen LogP contribution in [0.25, 0.3) is 0 Å². The number of aliphatic hydroxyl groups is 1. The van der Waals surface area contributed by atoms with E-state index in [0.717, 1.165) is 17.7 Å². The number of carbonyl (C=O) groups is 2. The largest absolute Gasteiger partial charge is 0.474 e. The molecule has 0 saturated carbocycles. The standard InChI is InChI=1S/C33H46FN5O6/c1-22-16-37(27(17-36-10-12-43-21-23(36)2)18-39(22)32(42)45-33(3,4)5)19-30(41)38-11-13-44-31-29(38)15-25(28(20-40)35-31)14-24-6-8-26(34)9-7-24/h6-9,15,22-23,27,40H,10-14,16-21H2,1-5H3/t22-,23-,27+/m1/s1. The van der Waals surface area contributed by atoms with Crippen LogP contribution in [-0.4, -0.2) is 120 Å². The number of morpholine rings is 1. The normalized spacial score (nSPS) is 23.0. The molecule has 1 aromatic carbocycles. The fourth-order valence-electron chi connectivity index (χ4n) is 6.20. The number of nitrogens with zero attached hydrogens (tertiary/aromatic N) is 5. The van der Waals surface area contributed by atoms with E-state index < -0.39 is 5.60 Å². The number of amides is 2. The smallest absolute Gasteiger partial charge is 0.410 e. The van der Waals surface area contributed by atoms with Crippen molar-refractivity contribution in [3.05, 3.63) is 53.0 Å². The minimum atomic E-state index is -0.610. The van der Waals surface area contributed by atoms with Gasteiger partial charge in [0.05, 0.1) is 38.6 Å². The van der Waals surface area contributed by atoms with Crippen LogP contribution < -0.4 is 9.64 Å². The number of carbonyl (C=O) groups excluding carboxylic acids is 2. The Morgan fingerprint density at radius 1 is 1.07 bits per heavy atom. The number of rotatable bonds is 7. The fourth-order valence-corrected chi connectivity index (χ4v) is 6.20. The van der Waals surface area contributed by atoms with Crippen LogP contribution in [0.15, 0.2) is 30.3 Å². The van der Waals surface area contributed by atoms with Crippen molar-refractivity contribution in [1.82, 2.24) is 19.7 Å². The molecule has 0 bridgehead atoms. The lowest BCUT2D eigenvalue weighted by Crippen LogP contribution is -2.64. The van der Waals surface area contributed by atoms with E-state index in [9.17, 15) is 19.1 Å². The molecule has 3 aliphatic heterocycles. The van der Waals surface area contributed by atoms with Gasteiger partial charge in [-0.05, 0) is 70.4 Å². The molecule has 246 valence electrons. The Bertz CT molecular complexity index is 1350. The second kappa shape index (κ2) is 14.0. The maximum Gasteiger partial charge on any atom is 0.410 e. The molecule has 0 aliphatic carbocycles. The first-order valence-corrected chi connectivity index (χ1v) is 15.8. The first-order valence-electron chi connectivity index (χ1n) is 15.8. The maximum absolute atomic E-state index is 14.1. The van der Waals surface area contributed by atoms with Crippen molar-refractivity contribution in [2.75, 3.05) is 64.0 Å². The zero-order chi connectivity index (χ0) is 32.3. The summed E-state index contributed by atoms with van der Waals surface area (Å²) in [4.78, 5) is 39.9. The van der Waals surface area contributed by atoms with E-state index in [1.807, 2.05) is 33.8 Å². The van der Waals surface area contributed by atoms with Crippen molar-refractivity contribution in [2.45, 2.75) is 71.4 Å². The zero-order valence-corrected chi connectivity index (χ0v) is 27.0. The van der Waals surface area contributed by atoms with E-state index in [1.54, 1.807) is 21.9 Å². The van der Waals surface area contributed by atoms with Crippen LogP contribution in [-0.2, 0) is 27.3 Å². The number of aliphatic hydroxyl groups excluding tert-OH is 1. The van der Waals surface area contributed by atoms with Crippen molar-refractivity contribution in [2.24, 2.45) is 0 Å². The van der Waals surface area contributed by atoms with Crippen molar-refractivity contribution in [3.8, 4) is 5.88 Å². The summed E-state index contributed by atoms with van der Waals surface area (Å²) in [5.74, 6) is -0.107. The van der Waals surface area contributed by atoms with Gasteiger partial charge in [-0.2, -0.15) is 0 Å². The Morgan fingerprint density at radius 2 is 1.82 bits per heavy atom. The molecule has 5 rings (SSSR count). The highest BCUT2D eigenvalue weighted by atomic mass is 19.1. The lowest BCUT2D eigenvalue weighted by molar-refractivity contribution is -0.122. The summed E-state index contributed by atoms with van der Waals surface area (Å²) in [6.07, 6.45) is 0.0742. The summed E-state index contributed by atoms with van der Waals surface area (Å²) in [6, 6.07) is 8.02. The highest BCUT2D eigenvalue weighted by Crippen LogP contribution is 2.33. The number of benzene rings is 1. The predicted molar refractivity (Wildman–Crippen MR) is 167 cm³/mol. The summed E-state index contributed by atoms with van der Waals surface area (Å²) in [5.41, 5.74) is 2.00. The van der Waals surface area contributed by atoms with Crippen LogP contribution in [0.5, 0.6) is 5.88 Å². The number of anilines is 1. The molecule has 4 heterocycles. The van der Waals surface area contributed by atoms with E-state index in [4.69, 9.17) is 14.2 Å². The van der Waals surface area contributed by atoms with E-state index in [0.29, 0.717) is 63.1 Å². The molecule has 2 saturated heterocycles. The summed E-state index contributed by atoms with van der Waals surface area (Å²) in [6.45, 7) is 13.9. The molecule has 12 heteroatoms. The molecular weight excluding hydrogens is 581 g/mol. The topological polar surface area (TPSA) is 108 Å². The molecule has 2 fully saturated rings. The van der Waals surface area contributed by atoms with Gasteiger partial charge in [0.2, 0.25) is 11.8 Å². The van der Waals surface area contributed by atoms with Gasteiger partial charge in [0.25, 0.3) is 0 Å². The van der Waals surface area contributed by atoms with Gasteiger partial charge in [0.1, 0.15) is 23.7 Å². The van der Waals surface area contributed by atoms with Gasteiger partial charge in [-0.1, -0.05) is 12.1 Å². The van der Waals surface area contributed by atoms with Gasteiger partial charge in [0.15, 0.2) is 0 Å². The summed E-state index contributed by atoms with van der Waals surface area (Å²) in [5, 5.41) is 10.0. The average Bonchev–Trinajstić information content (AvgIpc) is 2.99. The summed E-state index contributed by atoms with van der Waals surface area (Å²) < 4.78 is 30.7. The molecule has 11 nitrogen and oxygen atoms in total. The van der Waals surface area contributed by atoms with E-state index in [1.165, 1.54) is 12.1 Å². The molecule has 3 atom stereocenters. The number of aromatic nitrogens is 1. The Morgan fingerprint density at radius 3 is 2.51 bits per heavy atom. The Kier molecular flexibility index (Phi) is 10.3. The first-order chi connectivity index (χ1) is 21.4. The van der Waals surface area contributed by atoms with Gasteiger partial charge in [-0.15, -0.1) is 0 Å². The summed E-state index contributed by atoms with van der Waals surface area (Å²) >= 11 is 0. The SMILES string of the molecule is C[C@@H]1COCCN1C[C@H]1CN(C(=O)OC(C)(C)C)[C@H](C)CN1CC(=O)N1CCOc2nc(CO)c(Cc3ccc(F)cc3)cc21. The molecule has 1 aromatic heterocycles.